The topological polar surface area (TPSA) is 78.4 Å². The lowest BCUT2D eigenvalue weighted by molar-refractivity contribution is -0.143. The van der Waals surface area contributed by atoms with E-state index in [1.807, 2.05) is 24.3 Å². The van der Waals surface area contributed by atoms with E-state index in [0.717, 1.165) is 29.4 Å². The first-order valence-electron chi connectivity index (χ1n) is 7.06. The van der Waals surface area contributed by atoms with Gasteiger partial charge in [0.15, 0.2) is 0 Å². The van der Waals surface area contributed by atoms with Crippen molar-refractivity contribution in [2.24, 2.45) is 5.92 Å². The Morgan fingerprint density at radius 2 is 2.14 bits per heavy atom. The third-order valence-corrected chi connectivity index (χ3v) is 4.18. The fraction of sp³-hybridized carbons (Fsp3) is 0.467. The summed E-state index contributed by atoms with van der Waals surface area (Å²) in [6.07, 6.45) is 3.15. The van der Waals surface area contributed by atoms with Crippen molar-refractivity contribution in [2.75, 3.05) is 11.9 Å². The number of carboxylic acid groups (broad SMARTS) is 1. The Balaban J connectivity index is 1.77. The highest BCUT2D eigenvalue weighted by Gasteiger charge is 2.26. The van der Waals surface area contributed by atoms with Crippen LogP contribution in [0.25, 0.3) is 0 Å². The lowest BCUT2D eigenvalue weighted by Gasteiger charge is -2.27. The van der Waals surface area contributed by atoms with E-state index in [1.54, 1.807) is 0 Å². The molecule has 1 aromatic carbocycles. The number of carboxylic acids is 1. The van der Waals surface area contributed by atoms with Crippen molar-refractivity contribution < 1.29 is 14.7 Å². The second-order valence-corrected chi connectivity index (χ2v) is 6.25. The van der Waals surface area contributed by atoms with E-state index in [-0.39, 0.29) is 24.4 Å². The van der Waals surface area contributed by atoms with Gasteiger partial charge in [0.2, 0.25) is 5.91 Å². The van der Waals surface area contributed by atoms with Crippen LogP contribution in [-0.4, -0.2) is 29.6 Å². The number of carbonyl (C=O) groups is 2. The summed E-state index contributed by atoms with van der Waals surface area (Å²) in [6, 6.07) is 7.50. The summed E-state index contributed by atoms with van der Waals surface area (Å²) < 4.78 is 0.907. The van der Waals surface area contributed by atoms with Crippen LogP contribution in [0.1, 0.15) is 25.7 Å². The number of carbonyl (C=O) groups excluding carboxylic acids is 1. The quantitative estimate of drug-likeness (QED) is 0.759. The maximum Gasteiger partial charge on any atom is 0.306 e. The molecule has 0 bridgehead atoms. The molecular weight excluding hydrogens is 336 g/mol. The molecule has 2 rings (SSSR count). The molecule has 0 spiro atoms. The molecule has 0 aromatic heterocycles. The normalized spacial score (nSPS) is 21.8. The molecule has 0 saturated heterocycles. The molecule has 1 aliphatic rings. The standard InChI is InChI=1S/C15H19BrN2O3/c16-11-4-2-6-13(8-11)18-14(19)9-17-12-5-1-3-10(7-12)15(20)21/h2,4,6,8,10,12,17H,1,3,5,7,9H2,(H,18,19)(H,20,21). The average molecular weight is 355 g/mol. The molecule has 2 unspecified atom stereocenters. The number of hydrogen-bond donors (Lipinski definition) is 3. The number of amides is 1. The number of benzene rings is 1. The van der Waals surface area contributed by atoms with Crippen LogP contribution >= 0.6 is 15.9 Å². The molecule has 1 aliphatic carbocycles. The summed E-state index contributed by atoms with van der Waals surface area (Å²) in [7, 11) is 0. The summed E-state index contributed by atoms with van der Waals surface area (Å²) in [5, 5.41) is 15.0. The monoisotopic (exact) mass is 354 g/mol. The second kappa shape index (κ2) is 7.56. The molecule has 0 radical (unpaired) electrons. The zero-order valence-electron chi connectivity index (χ0n) is 11.6. The van der Waals surface area contributed by atoms with Crippen molar-refractivity contribution >= 4 is 33.5 Å². The van der Waals surface area contributed by atoms with Gasteiger partial charge in [0.1, 0.15) is 0 Å². The number of hydrogen-bond acceptors (Lipinski definition) is 3. The molecule has 5 nitrogen and oxygen atoms in total. The van der Waals surface area contributed by atoms with Crippen LogP contribution in [0, 0.1) is 5.92 Å². The van der Waals surface area contributed by atoms with Gasteiger partial charge in [0, 0.05) is 16.2 Å². The van der Waals surface area contributed by atoms with Crippen molar-refractivity contribution in [3.8, 4) is 0 Å². The summed E-state index contributed by atoms with van der Waals surface area (Å²) >= 11 is 3.35. The van der Waals surface area contributed by atoms with Crippen LogP contribution in [0.5, 0.6) is 0 Å². The van der Waals surface area contributed by atoms with Crippen molar-refractivity contribution in [1.82, 2.24) is 5.32 Å². The Morgan fingerprint density at radius 1 is 1.33 bits per heavy atom. The molecule has 6 heteroatoms. The Bertz CT molecular complexity index is 521. The molecule has 3 N–H and O–H groups in total. The number of halogens is 1. The van der Waals surface area contributed by atoms with Gasteiger partial charge < -0.3 is 15.7 Å². The van der Waals surface area contributed by atoms with Gasteiger partial charge in [-0.05, 0) is 37.5 Å². The third kappa shape index (κ3) is 5.13. The van der Waals surface area contributed by atoms with E-state index < -0.39 is 5.97 Å². The largest absolute Gasteiger partial charge is 0.481 e. The van der Waals surface area contributed by atoms with Gasteiger partial charge in [-0.2, -0.15) is 0 Å². The van der Waals surface area contributed by atoms with Gasteiger partial charge in [-0.25, -0.2) is 0 Å². The Morgan fingerprint density at radius 3 is 2.86 bits per heavy atom. The molecule has 1 aromatic rings. The zero-order chi connectivity index (χ0) is 15.2. The lowest BCUT2D eigenvalue weighted by Crippen LogP contribution is -2.40. The lowest BCUT2D eigenvalue weighted by atomic mass is 9.86. The Kier molecular flexibility index (Phi) is 5.76. The van der Waals surface area contributed by atoms with Gasteiger partial charge in [0.25, 0.3) is 0 Å². The molecule has 0 aliphatic heterocycles. The minimum Gasteiger partial charge on any atom is -0.481 e. The first-order chi connectivity index (χ1) is 10.0. The minimum absolute atomic E-state index is 0.105. The average Bonchev–Trinajstić information content (AvgIpc) is 2.45. The highest BCUT2D eigenvalue weighted by atomic mass is 79.9. The zero-order valence-corrected chi connectivity index (χ0v) is 13.2. The summed E-state index contributed by atoms with van der Waals surface area (Å²) in [4.78, 5) is 22.9. The Hall–Kier alpha value is -1.40. The van der Waals surface area contributed by atoms with Gasteiger partial charge >= 0.3 is 5.97 Å². The van der Waals surface area contributed by atoms with Crippen molar-refractivity contribution in [1.29, 1.82) is 0 Å². The fourth-order valence-corrected chi connectivity index (χ4v) is 3.01. The molecule has 1 fully saturated rings. The van der Waals surface area contributed by atoms with Crippen LogP contribution < -0.4 is 10.6 Å². The van der Waals surface area contributed by atoms with Crippen LogP contribution in [-0.2, 0) is 9.59 Å². The van der Waals surface area contributed by atoms with E-state index in [0.29, 0.717) is 6.42 Å². The van der Waals surface area contributed by atoms with Crippen LogP contribution in [0.15, 0.2) is 28.7 Å². The number of rotatable bonds is 5. The molecule has 21 heavy (non-hydrogen) atoms. The molecule has 2 atom stereocenters. The fourth-order valence-electron chi connectivity index (χ4n) is 2.61. The minimum atomic E-state index is -0.736. The van der Waals surface area contributed by atoms with Crippen molar-refractivity contribution in [3.63, 3.8) is 0 Å². The van der Waals surface area contributed by atoms with Gasteiger partial charge in [-0.3, -0.25) is 9.59 Å². The maximum absolute atomic E-state index is 11.9. The SMILES string of the molecule is O=C(CNC1CCCC(C(=O)O)C1)Nc1cccc(Br)c1. The maximum atomic E-state index is 11.9. The number of nitrogens with one attached hydrogen (secondary N) is 2. The highest BCUT2D eigenvalue weighted by molar-refractivity contribution is 9.10. The summed E-state index contributed by atoms with van der Waals surface area (Å²) in [6.45, 7) is 0.198. The molecule has 114 valence electrons. The van der Waals surface area contributed by atoms with Crippen molar-refractivity contribution in [3.05, 3.63) is 28.7 Å². The smallest absolute Gasteiger partial charge is 0.306 e. The number of anilines is 1. The highest BCUT2D eigenvalue weighted by Crippen LogP contribution is 2.24. The predicted octanol–water partition coefficient (Wildman–Crippen LogP) is 2.62. The van der Waals surface area contributed by atoms with Gasteiger partial charge in [0.05, 0.1) is 12.5 Å². The molecule has 0 heterocycles. The van der Waals surface area contributed by atoms with E-state index in [2.05, 4.69) is 26.6 Å². The number of aliphatic carboxylic acids is 1. The van der Waals surface area contributed by atoms with Crippen LogP contribution in [0.3, 0.4) is 0 Å². The first-order valence-corrected chi connectivity index (χ1v) is 7.85. The van der Waals surface area contributed by atoms with E-state index in [4.69, 9.17) is 5.11 Å². The van der Waals surface area contributed by atoms with Crippen LogP contribution in [0.2, 0.25) is 0 Å². The molecule has 1 saturated carbocycles. The van der Waals surface area contributed by atoms with E-state index in [1.165, 1.54) is 0 Å². The summed E-state index contributed by atoms with van der Waals surface area (Å²) in [5.41, 5.74) is 0.739. The molecular formula is C15H19BrN2O3. The van der Waals surface area contributed by atoms with E-state index >= 15 is 0 Å². The summed E-state index contributed by atoms with van der Waals surface area (Å²) in [5.74, 6) is -1.14. The third-order valence-electron chi connectivity index (χ3n) is 3.68. The van der Waals surface area contributed by atoms with Crippen LogP contribution in [0.4, 0.5) is 5.69 Å². The van der Waals surface area contributed by atoms with E-state index in [9.17, 15) is 9.59 Å². The van der Waals surface area contributed by atoms with Gasteiger partial charge in [-0.1, -0.05) is 28.4 Å². The Labute approximate surface area is 132 Å². The predicted molar refractivity (Wildman–Crippen MR) is 84.2 cm³/mol. The van der Waals surface area contributed by atoms with Gasteiger partial charge in [-0.15, -0.1) is 0 Å². The second-order valence-electron chi connectivity index (χ2n) is 5.34. The first kappa shape index (κ1) is 16.0. The van der Waals surface area contributed by atoms with Crippen molar-refractivity contribution in [2.45, 2.75) is 31.7 Å². The molecule has 1 amide bonds.